The van der Waals surface area contributed by atoms with Gasteiger partial charge >= 0.3 is 0 Å². The molecule has 0 atom stereocenters. The van der Waals surface area contributed by atoms with Gasteiger partial charge in [-0.2, -0.15) is 0 Å². The number of anilines is 1. The average Bonchev–Trinajstić information content (AvgIpc) is 2.45. The average molecular weight is 294 g/mol. The van der Waals surface area contributed by atoms with Crippen molar-refractivity contribution in [1.29, 1.82) is 0 Å². The number of hydrogen-bond donors (Lipinski definition) is 2. The van der Waals surface area contributed by atoms with Crippen LogP contribution in [0.25, 0.3) is 0 Å². The summed E-state index contributed by atoms with van der Waals surface area (Å²) in [6.07, 6.45) is 0. The van der Waals surface area contributed by atoms with Gasteiger partial charge in [-0.15, -0.1) is 0 Å². The molecular formula is C14H9F3N2O2. The highest BCUT2D eigenvalue weighted by molar-refractivity contribution is 6.08. The van der Waals surface area contributed by atoms with Crippen molar-refractivity contribution in [1.82, 2.24) is 0 Å². The highest BCUT2D eigenvalue weighted by atomic mass is 19.2. The van der Waals surface area contributed by atoms with Gasteiger partial charge in [0.05, 0.1) is 16.8 Å². The normalized spacial score (nSPS) is 10.2. The van der Waals surface area contributed by atoms with Crippen molar-refractivity contribution in [3.63, 3.8) is 0 Å². The molecule has 0 bridgehead atoms. The molecule has 0 spiro atoms. The molecule has 21 heavy (non-hydrogen) atoms. The number of para-hydroxylation sites is 1. The van der Waals surface area contributed by atoms with Crippen molar-refractivity contribution in [3.05, 3.63) is 65.0 Å². The van der Waals surface area contributed by atoms with Gasteiger partial charge in [-0.3, -0.25) is 9.59 Å². The first-order valence-electron chi connectivity index (χ1n) is 5.75. The first-order chi connectivity index (χ1) is 9.91. The predicted molar refractivity (Wildman–Crippen MR) is 69.2 cm³/mol. The van der Waals surface area contributed by atoms with Crippen LogP contribution in [0.5, 0.6) is 0 Å². The zero-order chi connectivity index (χ0) is 15.6. The number of nitrogens with one attached hydrogen (secondary N) is 1. The van der Waals surface area contributed by atoms with Gasteiger partial charge in [0.2, 0.25) is 0 Å². The van der Waals surface area contributed by atoms with Crippen LogP contribution in [0.3, 0.4) is 0 Å². The standard InChI is InChI=1S/C14H9F3N2O2/c15-9-6-5-8(11(16)12(9)17)14(21)19-10-4-2-1-3-7(10)13(18)20/h1-6H,(H2,18,20)(H,19,21). The molecule has 4 nitrogen and oxygen atoms in total. The number of nitrogens with two attached hydrogens (primary N) is 1. The molecule has 7 heteroatoms. The number of carbonyl (C=O) groups is 2. The molecule has 0 aliphatic rings. The summed E-state index contributed by atoms with van der Waals surface area (Å²) < 4.78 is 39.4. The summed E-state index contributed by atoms with van der Waals surface area (Å²) >= 11 is 0. The first kappa shape index (κ1) is 14.6. The minimum atomic E-state index is -1.74. The molecule has 0 fully saturated rings. The zero-order valence-electron chi connectivity index (χ0n) is 10.5. The van der Waals surface area contributed by atoms with E-state index in [4.69, 9.17) is 5.73 Å². The quantitative estimate of drug-likeness (QED) is 0.853. The van der Waals surface area contributed by atoms with Crippen molar-refractivity contribution < 1.29 is 22.8 Å². The maximum Gasteiger partial charge on any atom is 0.258 e. The lowest BCUT2D eigenvalue weighted by Gasteiger charge is -2.09. The van der Waals surface area contributed by atoms with Crippen LogP contribution in [0.4, 0.5) is 18.9 Å². The van der Waals surface area contributed by atoms with E-state index in [1.807, 2.05) is 0 Å². The number of benzene rings is 2. The number of amides is 2. The summed E-state index contributed by atoms with van der Waals surface area (Å²) in [4.78, 5) is 23.1. The molecular weight excluding hydrogens is 285 g/mol. The Morgan fingerprint density at radius 2 is 1.57 bits per heavy atom. The Morgan fingerprint density at radius 3 is 2.24 bits per heavy atom. The van der Waals surface area contributed by atoms with E-state index >= 15 is 0 Å². The first-order valence-corrected chi connectivity index (χ1v) is 5.75. The minimum Gasteiger partial charge on any atom is -0.366 e. The molecule has 2 aromatic rings. The summed E-state index contributed by atoms with van der Waals surface area (Å²) in [5, 5.41) is 2.23. The van der Waals surface area contributed by atoms with E-state index in [9.17, 15) is 22.8 Å². The second-order valence-electron chi connectivity index (χ2n) is 4.09. The van der Waals surface area contributed by atoms with Crippen molar-refractivity contribution in [3.8, 4) is 0 Å². The fourth-order valence-electron chi connectivity index (χ4n) is 1.70. The summed E-state index contributed by atoms with van der Waals surface area (Å²) in [6, 6.07) is 7.20. The van der Waals surface area contributed by atoms with Crippen LogP contribution in [-0.2, 0) is 0 Å². The van der Waals surface area contributed by atoms with Crippen LogP contribution in [0.15, 0.2) is 36.4 Å². The minimum absolute atomic E-state index is 0.00819. The summed E-state index contributed by atoms with van der Waals surface area (Å²) in [7, 11) is 0. The number of hydrogen-bond acceptors (Lipinski definition) is 2. The molecule has 0 saturated heterocycles. The van der Waals surface area contributed by atoms with Gasteiger partial charge in [0, 0.05) is 0 Å². The number of carbonyl (C=O) groups excluding carboxylic acids is 2. The van der Waals surface area contributed by atoms with Gasteiger partial charge in [0.15, 0.2) is 17.5 Å². The second-order valence-corrected chi connectivity index (χ2v) is 4.09. The van der Waals surface area contributed by atoms with Gasteiger partial charge in [0.25, 0.3) is 11.8 Å². The molecule has 0 aromatic heterocycles. The zero-order valence-corrected chi connectivity index (χ0v) is 10.5. The molecule has 2 rings (SSSR count). The van der Waals surface area contributed by atoms with E-state index in [1.165, 1.54) is 24.3 Å². The topological polar surface area (TPSA) is 72.2 Å². The molecule has 2 aromatic carbocycles. The van der Waals surface area contributed by atoms with E-state index in [0.717, 1.165) is 6.07 Å². The molecule has 0 radical (unpaired) electrons. The van der Waals surface area contributed by atoms with Gasteiger partial charge in [0.1, 0.15) is 0 Å². The van der Waals surface area contributed by atoms with Crippen molar-refractivity contribution in [2.75, 3.05) is 5.32 Å². The van der Waals surface area contributed by atoms with Gasteiger partial charge in [-0.05, 0) is 24.3 Å². The maximum atomic E-state index is 13.5. The largest absolute Gasteiger partial charge is 0.366 e. The molecule has 2 amide bonds. The van der Waals surface area contributed by atoms with Crippen LogP contribution in [0, 0.1) is 17.5 Å². The van der Waals surface area contributed by atoms with Crippen molar-refractivity contribution >= 4 is 17.5 Å². The fraction of sp³-hybridized carbons (Fsp3) is 0. The van der Waals surface area contributed by atoms with Gasteiger partial charge < -0.3 is 11.1 Å². The highest BCUT2D eigenvalue weighted by Crippen LogP contribution is 2.19. The van der Waals surface area contributed by atoms with E-state index in [0.29, 0.717) is 6.07 Å². The SMILES string of the molecule is NC(=O)c1ccccc1NC(=O)c1ccc(F)c(F)c1F. The van der Waals surface area contributed by atoms with Gasteiger partial charge in [-0.1, -0.05) is 12.1 Å². The molecule has 108 valence electrons. The van der Waals surface area contributed by atoms with E-state index in [2.05, 4.69) is 5.32 Å². The van der Waals surface area contributed by atoms with E-state index in [1.54, 1.807) is 0 Å². The van der Waals surface area contributed by atoms with Crippen LogP contribution < -0.4 is 11.1 Å². The lowest BCUT2D eigenvalue weighted by Crippen LogP contribution is -2.19. The molecule has 0 heterocycles. The number of primary amides is 1. The smallest absolute Gasteiger partial charge is 0.258 e. The Kier molecular flexibility index (Phi) is 3.93. The Hall–Kier alpha value is -2.83. The van der Waals surface area contributed by atoms with Crippen LogP contribution >= 0.6 is 0 Å². The lowest BCUT2D eigenvalue weighted by atomic mass is 10.1. The lowest BCUT2D eigenvalue weighted by molar-refractivity contribution is 0.100. The van der Waals surface area contributed by atoms with Crippen LogP contribution in [0.2, 0.25) is 0 Å². The molecule has 0 unspecified atom stereocenters. The summed E-state index contributed by atoms with van der Waals surface area (Å²) in [5.41, 5.74) is 4.49. The third-order valence-electron chi connectivity index (χ3n) is 2.72. The Bertz CT molecular complexity index is 732. The van der Waals surface area contributed by atoms with E-state index in [-0.39, 0.29) is 11.3 Å². The molecule has 0 aliphatic carbocycles. The Balaban J connectivity index is 2.36. The van der Waals surface area contributed by atoms with Crippen molar-refractivity contribution in [2.45, 2.75) is 0 Å². The second kappa shape index (κ2) is 5.66. The molecule has 0 aliphatic heterocycles. The summed E-state index contributed by atoms with van der Waals surface area (Å²) in [6.45, 7) is 0. The monoisotopic (exact) mass is 294 g/mol. The maximum absolute atomic E-state index is 13.5. The highest BCUT2D eigenvalue weighted by Gasteiger charge is 2.20. The van der Waals surface area contributed by atoms with E-state index < -0.39 is 34.8 Å². The fourth-order valence-corrected chi connectivity index (χ4v) is 1.70. The number of rotatable bonds is 3. The van der Waals surface area contributed by atoms with Crippen LogP contribution in [-0.4, -0.2) is 11.8 Å². The predicted octanol–water partition coefficient (Wildman–Crippen LogP) is 2.46. The Morgan fingerprint density at radius 1 is 0.905 bits per heavy atom. The van der Waals surface area contributed by atoms with Gasteiger partial charge in [-0.25, -0.2) is 13.2 Å². The third-order valence-corrected chi connectivity index (χ3v) is 2.72. The number of halogens is 3. The Labute approximate surface area is 117 Å². The van der Waals surface area contributed by atoms with Crippen molar-refractivity contribution in [2.24, 2.45) is 5.73 Å². The third kappa shape index (κ3) is 2.86. The molecule has 0 saturated carbocycles. The van der Waals surface area contributed by atoms with Crippen LogP contribution in [0.1, 0.15) is 20.7 Å². The molecule has 3 N–H and O–H groups in total. The summed E-state index contributed by atoms with van der Waals surface area (Å²) in [5.74, 6) is -6.58.